The summed E-state index contributed by atoms with van der Waals surface area (Å²) in [5.41, 5.74) is 3.89. The lowest BCUT2D eigenvalue weighted by Crippen LogP contribution is -2.22. The van der Waals surface area contributed by atoms with E-state index in [4.69, 9.17) is 0 Å². The first-order valence-corrected chi connectivity index (χ1v) is 10.1. The van der Waals surface area contributed by atoms with Crippen molar-refractivity contribution in [1.29, 1.82) is 0 Å². The second kappa shape index (κ2) is 6.65. The van der Waals surface area contributed by atoms with Crippen molar-refractivity contribution < 1.29 is 9.18 Å². The van der Waals surface area contributed by atoms with Crippen molar-refractivity contribution in [3.63, 3.8) is 0 Å². The van der Waals surface area contributed by atoms with Gasteiger partial charge in [-0.2, -0.15) is 0 Å². The first kappa shape index (κ1) is 16.4. The van der Waals surface area contributed by atoms with Crippen LogP contribution in [-0.4, -0.2) is 12.2 Å². The van der Waals surface area contributed by atoms with Gasteiger partial charge in [0.05, 0.1) is 5.69 Å². The lowest BCUT2D eigenvalue weighted by molar-refractivity contribution is -0.116. The second-order valence-corrected chi connectivity index (χ2v) is 7.76. The fourth-order valence-corrected chi connectivity index (χ4v) is 4.74. The maximum atomic E-state index is 13.2. The number of rotatable bonds is 3. The number of thiophene rings is 1. The molecule has 2 heterocycles. The number of amides is 1. The number of thioether (sulfide) groups is 1. The molecule has 0 bridgehead atoms. The van der Waals surface area contributed by atoms with Crippen molar-refractivity contribution >= 4 is 34.7 Å². The number of benzene rings is 2. The Balaban J connectivity index is 1.76. The highest BCUT2D eigenvalue weighted by Gasteiger charge is 2.30. The Hall–Kier alpha value is -2.11. The van der Waals surface area contributed by atoms with E-state index in [1.54, 1.807) is 35.2 Å². The molecule has 3 aromatic rings. The Labute approximate surface area is 154 Å². The van der Waals surface area contributed by atoms with Crippen LogP contribution < -0.4 is 5.32 Å². The van der Waals surface area contributed by atoms with Gasteiger partial charge in [-0.3, -0.25) is 4.79 Å². The Bertz CT molecular complexity index is 916. The topological polar surface area (TPSA) is 29.1 Å². The maximum absolute atomic E-state index is 13.2. The summed E-state index contributed by atoms with van der Waals surface area (Å²) in [6.45, 7) is 0. The minimum absolute atomic E-state index is 0.0215. The van der Waals surface area contributed by atoms with Gasteiger partial charge in [0, 0.05) is 33.1 Å². The fourth-order valence-electron chi connectivity index (χ4n) is 3.17. The van der Waals surface area contributed by atoms with E-state index < -0.39 is 0 Å². The third-order valence-corrected chi connectivity index (χ3v) is 6.30. The molecular weight excluding hydrogens is 353 g/mol. The van der Waals surface area contributed by atoms with E-state index in [1.165, 1.54) is 17.0 Å². The van der Waals surface area contributed by atoms with Crippen LogP contribution in [0.1, 0.15) is 22.8 Å². The zero-order valence-corrected chi connectivity index (χ0v) is 15.2. The summed E-state index contributed by atoms with van der Waals surface area (Å²) < 4.78 is 13.2. The lowest BCUT2D eigenvalue weighted by atomic mass is 9.89. The van der Waals surface area contributed by atoms with Crippen molar-refractivity contribution in [3.8, 4) is 11.1 Å². The van der Waals surface area contributed by atoms with Crippen molar-refractivity contribution in [1.82, 2.24) is 0 Å². The Morgan fingerprint density at radius 2 is 1.84 bits per heavy atom. The van der Waals surface area contributed by atoms with Crippen molar-refractivity contribution in [3.05, 3.63) is 70.2 Å². The number of fused-ring (bicyclic) bond motifs is 1. The Morgan fingerprint density at radius 1 is 1.12 bits per heavy atom. The molecule has 4 rings (SSSR count). The summed E-state index contributed by atoms with van der Waals surface area (Å²) in [6, 6.07) is 14.8. The van der Waals surface area contributed by atoms with Gasteiger partial charge in [-0.05, 0) is 41.6 Å². The quantitative estimate of drug-likeness (QED) is 0.596. The molecule has 2 nitrogen and oxygen atoms in total. The van der Waals surface area contributed by atoms with Gasteiger partial charge in [-0.15, -0.1) is 23.1 Å². The molecule has 0 saturated heterocycles. The Kier molecular flexibility index (Phi) is 4.36. The highest BCUT2D eigenvalue weighted by atomic mass is 32.2. The molecular formula is C20H16FNOS2. The van der Waals surface area contributed by atoms with Gasteiger partial charge in [0.25, 0.3) is 0 Å². The van der Waals surface area contributed by atoms with Crippen LogP contribution in [0.15, 0.2) is 58.8 Å². The summed E-state index contributed by atoms with van der Waals surface area (Å²) in [5, 5.41) is 5.07. The summed E-state index contributed by atoms with van der Waals surface area (Å²) in [5.74, 6) is -0.171. The van der Waals surface area contributed by atoms with Crippen LogP contribution in [0.25, 0.3) is 11.1 Å². The van der Waals surface area contributed by atoms with Crippen LogP contribution in [0.4, 0.5) is 10.1 Å². The number of hydrogen-bond donors (Lipinski definition) is 1. The predicted molar refractivity (Wildman–Crippen MR) is 103 cm³/mol. The molecule has 126 valence electrons. The zero-order chi connectivity index (χ0) is 17.4. The molecule has 0 fully saturated rings. The van der Waals surface area contributed by atoms with Crippen molar-refractivity contribution in [2.24, 2.45) is 0 Å². The average Bonchev–Trinajstić information content (AvgIpc) is 3.05. The van der Waals surface area contributed by atoms with E-state index in [9.17, 15) is 9.18 Å². The number of hydrogen-bond acceptors (Lipinski definition) is 3. The monoisotopic (exact) mass is 369 g/mol. The molecule has 0 radical (unpaired) electrons. The smallest absolute Gasteiger partial charge is 0.225 e. The SMILES string of the molecule is CSc1ccc([C@@H]2CC(=O)Nc3c(-c4ccc(F)cc4)csc32)cc1. The molecule has 1 atom stereocenters. The first-order valence-electron chi connectivity index (χ1n) is 7.97. The van der Waals surface area contributed by atoms with Gasteiger partial charge >= 0.3 is 0 Å². The van der Waals surface area contributed by atoms with Gasteiger partial charge < -0.3 is 5.32 Å². The molecule has 0 saturated carbocycles. The van der Waals surface area contributed by atoms with Gasteiger partial charge in [-0.1, -0.05) is 24.3 Å². The number of anilines is 1. The molecule has 1 amide bonds. The molecule has 1 aliphatic heterocycles. The van der Waals surface area contributed by atoms with Crippen LogP contribution in [0.5, 0.6) is 0 Å². The summed E-state index contributed by atoms with van der Waals surface area (Å²) >= 11 is 3.36. The molecule has 0 aliphatic carbocycles. The predicted octanol–water partition coefficient (Wildman–Crippen LogP) is 5.75. The number of carbonyl (C=O) groups excluding carboxylic acids is 1. The minimum atomic E-state index is -0.261. The van der Waals surface area contributed by atoms with Crippen molar-refractivity contribution in [2.45, 2.75) is 17.2 Å². The van der Waals surface area contributed by atoms with Crippen LogP contribution in [-0.2, 0) is 4.79 Å². The zero-order valence-electron chi connectivity index (χ0n) is 13.6. The molecule has 1 aromatic heterocycles. The van der Waals surface area contributed by atoms with Crippen LogP contribution in [0.3, 0.4) is 0 Å². The molecule has 1 aliphatic rings. The fraction of sp³-hybridized carbons (Fsp3) is 0.150. The number of nitrogens with one attached hydrogen (secondary N) is 1. The van der Waals surface area contributed by atoms with Crippen LogP contribution in [0, 0.1) is 5.82 Å². The van der Waals surface area contributed by atoms with Crippen molar-refractivity contribution in [2.75, 3.05) is 11.6 Å². The average molecular weight is 369 g/mol. The molecule has 1 N–H and O–H groups in total. The summed E-state index contributed by atoms with van der Waals surface area (Å²) in [4.78, 5) is 14.7. The lowest BCUT2D eigenvalue weighted by Gasteiger charge is -2.24. The molecule has 0 spiro atoms. The van der Waals surface area contributed by atoms with E-state index in [-0.39, 0.29) is 17.6 Å². The van der Waals surface area contributed by atoms with Gasteiger partial charge in [0.1, 0.15) is 5.82 Å². The standard InChI is InChI=1S/C20H16FNOS2/c1-24-15-8-4-12(5-9-15)16-10-18(23)22-19-17(11-25-20(16)19)13-2-6-14(21)7-3-13/h2-9,11,16H,10H2,1H3,(H,22,23)/t16-/m0/s1. The summed E-state index contributed by atoms with van der Waals surface area (Å²) in [7, 11) is 0. The summed E-state index contributed by atoms with van der Waals surface area (Å²) in [6.07, 6.45) is 2.50. The van der Waals surface area contributed by atoms with E-state index >= 15 is 0 Å². The molecule has 5 heteroatoms. The largest absolute Gasteiger partial charge is 0.325 e. The normalized spacial score (nSPS) is 16.4. The maximum Gasteiger partial charge on any atom is 0.225 e. The van der Waals surface area contributed by atoms with Gasteiger partial charge in [0.2, 0.25) is 5.91 Å². The van der Waals surface area contributed by atoms with Crippen LogP contribution in [0.2, 0.25) is 0 Å². The second-order valence-electron chi connectivity index (χ2n) is 5.97. The van der Waals surface area contributed by atoms with E-state index in [0.717, 1.165) is 27.3 Å². The van der Waals surface area contributed by atoms with Gasteiger partial charge in [0.15, 0.2) is 0 Å². The molecule has 0 unspecified atom stereocenters. The molecule has 25 heavy (non-hydrogen) atoms. The van der Waals surface area contributed by atoms with Gasteiger partial charge in [-0.25, -0.2) is 4.39 Å². The highest BCUT2D eigenvalue weighted by molar-refractivity contribution is 7.98. The third kappa shape index (κ3) is 3.10. The van der Waals surface area contributed by atoms with E-state index in [0.29, 0.717) is 6.42 Å². The number of carbonyl (C=O) groups is 1. The van der Waals surface area contributed by atoms with E-state index in [2.05, 4.69) is 35.8 Å². The number of halogens is 1. The highest BCUT2D eigenvalue weighted by Crippen LogP contribution is 2.46. The first-order chi connectivity index (χ1) is 12.2. The molecule has 2 aromatic carbocycles. The Morgan fingerprint density at radius 3 is 2.52 bits per heavy atom. The van der Waals surface area contributed by atoms with Crippen LogP contribution >= 0.6 is 23.1 Å². The minimum Gasteiger partial charge on any atom is -0.325 e. The third-order valence-electron chi connectivity index (χ3n) is 4.46. The van der Waals surface area contributed by atoms with E-state index in [1.807, 2.05) is 5.38 Å².